The Bertz CT molecular complexity index is 430. The normalized spacial score (nSPS) is 38.7. The fraction of sp³-hybridized carbons (Fsp3) is 0.952. The average Bonchev–Trinajstić information content (AvgIpc) is 2.64. The highest BCUT2D eigenvalue weighted by atomic mass is 35.5. The zero-order valence-corrected chi connectivity index (χ0v) is 16.7. The van der Waals surface area contributed by atoms with Crippen LogP contribution in [-0.4, -0.2) is 16.2 Å². The third-order valence-corrected chi connectivity index (χ3v) is 7.89. The summed E-state index contributed by atoms with van der Waals surface area (Å²) in [7, 11) is 0. The molecule has 0 atom stereocenters. The van der Waals surface area contributed by atoms with E-state index in [1.807, 2.05) is 0 Å². The molecule has 148 valence electrons. The highest BCUT2D eigenvalue weighted by molar-refractivity contribution is 6.63. The van der Waals surface area contributed by atoms with Crippen LogP contribution in [0.4, 0.5) is 0 Å². The summed E-state index contributed by atoms with van der Waals surface area (Å²) in [5.41, 5.74) is 0. The molecule has 4 nitrogen and oxygen atoms in total. The molecule has 0 aliphatic heterocycles. The van der Waals surface area contributed by atoms with Gasteiger partial charge in [0.15, 0.2) is 0 Å². The van der Waals surface area contributed by atoms with Crippen molar-refractivity contribution < 1.29 is 9.72 Å². The quantitative estimate of drug-likeness (QED) is 0.322. The van der Waals surface area contributed by atoms with Crippen LogP contribution in [0.3, 0.4) is 0 Å². The fourth-order valence-corrected chi connectivity index (χ4v) is 6.08. The first kappa shape index (κ1) is 20.1. The number of hydrogen-bond acceptors (Lipinski definition) is 3. The maximum Gasteiger partial charge on any atom is 0.224 e. The van der Waals surface area contributed by atoms with E-state index in [4.69, 9.17) is 11.6 Å². The molecule has 0 aromatic heterocycles. The van der Waals surface area contributed by atoms with Crippen LogP contribution in [0.2, 0.25) is 0 Å². The molecule has 3 aliphatic rings. The number of hydrogen-bond donors (Lipinski definition) is 0. The number of nitro groups is 1. The van der Waals surface area contributed by atoms with E-state index in [9.17, 15) is 14.9 Å². The van der Waals surface area contributed by atoms with Crippen LogP contribution >= 0.6 is 11.6 Å². The lowest BCUT2D eigenvalue weighted by atomic mass is 9.71. The number of halogens is 1. The molecular formula is C21H34ClNO3. The van der Waals surface area contributed by atoms with E-state index in [0.717, 1.165) is 62.2 Å². The van der Waals surface area contributed by atoms with E-state index >= 15 is 0 Å². The third kappa shape index (κ3) is 5.68. The molecule has 26 heavy (non-hydrogen) atoms. The largest absolute Gasteiger partial charge is 0.281 e. The minimum Gasteiger partial charge on any atom is -0.281 e. The van der Waals surface area contributed by atoms with Gasteiger partial charge in [-0.25, -0.2) is 0 Å². The molecule has 0 N–H and O–H groups in total. The van der Waals surface area contributed by atoms with E-state index in [-0.39, 0.29) is 22.1 Å². The Balaban J connectivity index is 1.31. The van der Waals surface area contributed by atoms with Crippen molar-refractivity contribution in [1.82, 2.24) is 0 Å². The van der Waals surface area contributed by atoms with E-state index in [0.29, 0.717) is 0 Å². The molecule has 0 unspecified atom stereocenters. The second-order valence-electron chi connectivity index (χ2n) is 9.34. The summed E-state index contributed by atoms with van der Waals surface area (Å²) in [5.74, 6) is 3.39. The number of rotatable bonds is 6. The lowest BCUT2D eigenvalue weighted by Crippen LogP contribution is -2.28. The van der Waals surface area contributed by atoms with Crippen molar-refractivity contribution in [2.45, 2.75) is 95.9 Å². The van der Waals surface area contributed by atoms with Crippen LogP contribution in [0, 0.1) is 39.7 Å². The maximum atomic E-state index is 11.3. The summed E-state index contributed by atoms with van der Waals surface area (Å²) >= 11 is 5.64. The van der Waals surface area contributed by atoms with Gasteiger partial charge in [0.1, 0.15) is 0 Å². The second kappa shape index (κ2) is 9.52. The first-order valence-corrected chi connectivity index (χ1v) is 11.2. The Hall–Kier alpha value is -0.640. The van der Waals surface area contributed by atoms with Crippen molar-refractivity contribution in [2.24, 2.45) is 29.6 Å². The molecule has 3 fully saturated rings. The van der Waals surface area contributed by atoms with E-state index in [1.165, 1.54) is 51.4 Å². The topological polar surface area (TPSA) is 60.2 Å². The van der Waals surface area contributed by atoms with Gasteiger partial charge in [0.2, 0.25) is 11.3 Å². The summed E-state index contributed by atoms with van der Waals surface area (Å²) in [6, 6.07) is -0.272. The van der Waals surface area contributed by atoms with Crippen molar-refractivity contribution >= 4 is 16.8 Å². The molecule has 5 heteroatoms. The van der Waals surface area contributed by atoms with Gasteiger partial charge in [-0.15, -0.1) is 0 Å². The Kier molecular flexibility index (Phi) is 7.36. The molecule has 0 heterocycles. The first-order valence-electron chi connectivity index (χ1n) is 10.8. The van der Waals surface area contributed by atoms with Crippen molar-refractivity contribution in [3.05, 3.63) is 10.1 Å². The van der Waals surface area contributed by atoms with Crippen molar-refractivity contribution in [2.75, 3.05) is 0 Å². The highest BCUT2D eigenvalue weighted by Gasteiger charge is 2.32. The van der Waals surface area contributed by atoms with Crippen LogP contribution in [0.25, 0.3) is 0 Å². The predicted molar refractivity (Wildman–Crippen MR) is 104 cm³/mol. The van der Waals surface area contributed by atoms with E-state index < -0.39 is 0 Å². The van der Waals surface area contributed by atoms with Gasteiger partial charge < -0.3 is 0 Å². The SMILES string of the molecule is O=C(Cl)C1CCC(CC2CCC(CC3CCC([N+](=O)[O-])CC3)CC2)CC1. The summed E-state index contributed by atoms with van der Waals surface area (Å²) in [5, 5.41) is 10.8. The smallest absolute Gasteiger partial charge is 0.224 e. The standard InChI is InChI=1S/C21H34ClNO3/c22-21(24)19-9-5-17(6-10-19)13-15-1-3-16(4-2-15)14-18-7-11-20(12-8-18)23(25)26/h15-20H,1-14H2. The maximum absolute atomic E-state index is 11.3. The minimum absolute atomic E-state index is 0.0715. The fourth-order valence-electron chi connectivity index (χ4n) is 5.86. The van der Waals surface area contributed by atoms with Crippen LogP contribution in [-0.2, 0) is 4.79 Å². The van der Waals surface area contributed by atoms with Crippen molar-refractivity contribution in [1.29, 1.82) is 0 Å². The Morgan fingerprint density at radius 1 is 0.731 bits per heavy atom. The third-order valence-electron chi connectivity index (χ3n) is 7.58. The molecule has 3 aliphatic carbocycles. The zero-order chi connectivity index (χ0) is 18.5. The van der Waals surface area contributed by atoms with Gasteiger partial charge >= 0.3 is 0 Å². The lowest BCUT2D eigenvalue weighted by Gasteiger charge is -2.35. The molecule has 3 rings (SSSR count). The van der Waals surface area contributed by atoms with Gasteiger partial charge in [-0.2, -0.15) is 0 Å². The van der Waals surface area contributed by atoms with E-state index in [1.54, 1.807) is 0 Å². The first-order chi connectivity index (χ1) is 12.5. The number of carbonyl (C=O) groups excluding carboxylic acids is 1. The van der Waals surface area contributed by atoms with Crippen LogP contribution in [0.5, 0.6) is 0 Å². The van der Waals surface area contributed by atoms with Crippen molar-refractivity contribution in [3.63, 3.8) is 0 Å². The summed E-state index contributed by atoms with van der Waals surface area (Å²) < 4.78 is 0. The minimum atomic E-state index is -0.272. The lowest BCUT2D eigenvalue weighted by molar-refractivity contribution is -0.527. The molecule has 0 radical (unpaired) electrons. The zero-order valence-electron chi connectivity index (χ0n) is 15.9. The van der Waals surface area contributed by atoms with Crippen molar-refractivity contribution in [3.8, 4) is 0 Å². The molecule has 0 saturated heterocycles. The van der Waals surface area contributed by atoms with Crippen LogP contribution in [0.15, 0.2) is 0 Å². The van der Waals surface area contributed by atoms with Crippen LogP contribution in [0.1, 0.15) is 89.9 Å². The monoisotopic (exact) mass is 383 g/mol. The Morgan fingerprint density at radius 3 is 1.42 bits per heavy atom. The van der Waals surface area contributed by atoms with Gasteiger partial charge in [-0.1, -0.05) is 25.7 Å². The van der Waals surface area contributed by atoms with Crippen LogP contribution < -0.4 is 0 Å². The number of nitrogens with zero attached hydrogens (tertiary/aromatic N) is 1. The summed E-state index contributed by atoms with van der Waals surface area (Å²) in [6.07, 6.45) is 16.2. The van der Waals surface area contributed by atoms with E-state index in [2.05, 4.69) is 0 Å². The van der Waals surface area contributed by atoms with Gasteiger partial charge in [-0.05, 0) is 86.6 Å². The Morgan fingerprint density at radius 2 is 1.08 bits per heavy atom. The molecule has 0 spiro atoms. The molecule has 0 bridgehead atoms. The number of carbonyl (C=O) groups is 1. The molecule has 0 aromatic rings. The average molecular weight is 384 g/mol. The Labute approximate surface area is 162 Å². The molecular weight excluding hydrogens is 350 g/mol. The molecule has 0 amide bonds. The second-order valence-corrected chi connectivity index (χ2v) is 9.71. The van der Waals surface area contributed by atoms with Gasteiger partial charge in [0.25, 0.3) is 0 Å². The molecule has 3 saturated carbocycles. The summed E-state index contributed by atoms with van der Waals surface area (Å²) in [4.78, 5) is 22.1. The molecule has 0 aromatic carbocycles. The predicted octanol–water partition coefficient (Wildman–Crippen LogP) is 5.98. The van der Waals surface area contributed by atoms with Gasteiger partial charge in [0, 0.05) is 23.7 Å². The summed E-state index contributed by atoms with van der Waals surface area (Å²) in [6.45, 7) is 0. The van der Waals surface area contributed by atoms with Gasteiger partial charge in [-0.3, -0.25) is 14.9 Å². The highest BCUT2D eigenvalue weighted by Crippen LogP contribution is 2.41. The van der Waals surface area contributed by atoms with Gasteiger partial charge in [0.05, 0.1) is 0 Å².